The lowest BCUT2D eigenvalue weighted by Gasteiger charge is -2.14. The van der Waals surface area contributed by atoms with E-state index >= 15 is 0 Å². The van der Waals surface area contributed by atoms with Gasteiger partial charge in [-0.1, -0.05) is 54.6 Å². The van der Waals surface area contributed by atoms with Crippen molar-refractivity contribution in [3.05, 3.63) is 106 Å². The number of ether oxygens (including phenoxy) is 2. The molecule has 8 heteroatoms. The zero-order valence-electron chi connectivity index (χ0n) is 18.3. The Morgan fingerprint density at radius 3 is 2.49 bits per heavy atom. The van der Waals surface area contributed by atoms with E-state index in [1.807, 2.05) is 54.6 Å². The largest absolute Gasteiger partial charge is 0.488 e. The van der Waals surface area contributed by atoms with E-state index in [1.165, 1.54) is 6.07 Å². The minimum atomic E-state index is -0.648. The summed E-state index contributed by atoms with van der Waals surface area (Å²) in [6.45, 7) is 0.257. The van der Waals surface area contributed by atoms with Gasteiger partial charge >= 0.3 is 0 Å². The fraction of sp³-hybridized carbons (Fsp3) is 0.0741. The number of aldehydes is 1. The maximum absolute atomic E-state index is 14.7. The predicted octanol–water partition coefficient (Wildman–Crippen LogP) is 6.76. The summed E-state index contributed by atoms with van der Waals surface area (Å²) in [5.74, 6) is -0.449. The number of hydrogen-bond donors (Lipinski definition) is 0. The fourth-order valence-corrected chi connectivity index (χ4v) is 4.25. The molecule has 0 radical (unpaired) electrons. The van der Waals surface area contributed by atoms with Crippen LogP contribution >= 0.6 is 15.9 Å². The van der Waals surface area contributed by atoms with Crippen LogP contribution in [0, 0.1) is 5.82 Å². The quantitative estimate of drug-likeness (QED) is 0.205. The summed E-state index contributed by atoms with van der Waals surface area (Å²) in [4.78, 5) is 11.5. The predicted molar refractivity (Wildman–Crippen MR) is 132 cm³/mol. The van der Waals surface area contributed by atoms with Gasteiger partial charge in [0.05, 0.1) is 5.56 Å². The smallest absolute Gasteiger partial charge is 0.166 e. The molecule has 0 saturated heterocycles. The van der Waals surface area contributed by atoms with Crippen LogP contribution < -0.4 is 9.47 Å². The summed E-state index contributed by atoms with van der Waals surface area (Å²) >= 11 is 3.65. The van der Waals surface area contributed by atoms with Crippen LogP contribution in [0.3, 0.4) is 0 Å². The summed E-state index contributed by atoms with van der Waals surface area (Å²) in [5, 5.41) is 7.57. The second-order valence-electron chi connectivity index (χ2n) is 7.75. The second kappa shape index (κ2) is 10.1. The summed E-state index contributed by atoms with van der Waals surface area (Å²) in [6.07, 6.45) is 0.548. The molecule has 0 spiro atoms. The number of benzene rings is 4. The Hall–Kier alpha value is -4.04. The molecule has 0 amide bonds. The van der Waals surface area contributed by atoms with Crippen LogP contribution in [0.2, 0.25) is 0 Å². The molecule has 35 heavy (non-hydrogen) atoms. The van der Waals surface area contributed by atoms with E-state index in [0.717, 1.165) is 32.8 Å². The Balaban J connectivity index is 1.35. The Morgan fingerprint density at radius 1 is 0.857 bits per heavy atom. The van der Waals surface area contributed by atoms with E-state index in [0.29, 0.717) is 17.3 Å². The van der Waals surface area contributed by atoms with Crippen molar-refractivity contribution < 1.29 is 23.3 Å². The number of fused-ring (bicyclic) bond motifs is 1. The van der Waals surface area contributed by atoms with E-state index in [9.17, 15) is 9.18 Å². The summed E-state index contributed by atoms with van der Waals surface area (Å²) in [6, 6.07) is 23.6. The van der Waals surface area contributed by atoms with Gasteiger partial charge in [-0.3, -0.25) is 4.79 Å². The van der Waals surface area contributed by atoms with E-state index < -0.39 is 5.82 Å². The molecule has 0 N–H and O–H groups in total. The lowest BCUT2D eigenvalue weighted by atomic mass is 10.0. The minimum Gasteiger partial charge on any atom is -0.488 e. The molecule has 174 valence electrons. The maximum atomic E-state index is 14.7. The Morgan fingerprint density at radius 2 is 1.66 bits per heavy atom. The first-order chi connectivity index (χ1) is 17.1. The monoisotopic (exact) mass is 532 g/mol. The molecule has 0 fully saturated rings. The molecular formula is C27H18BrFN2O4. The van der Waals surface area contributed by atoms with Crippen LogP contribution in [0.1, 0.15) is 21.5 Å². The lowest BCUT2D eigenvalue weighted by Crippen LogP contribution is -2.03. The maximum Gasteiger partial charge on any atom is 0.166 e. The number of carbonyl (C=O) groups excluding carboxylic acids is 1. The molecule has 6 nitrogen and oxygen atoms in total. The van der Waals surface area contributed by atoms with E-state index in [4.69, 9.17) is 14.1 Å². The first-order valence-corrected chi connectivity index (χ1v) is 11.5. The van der Waals surface area contributed by atoms with Gasteiger partial charge in [0.15, 0.2) is 17.9 Å². The number of aromatic nitrogens is 2. The molecule has 0 aliphatic heterocycles. The molecule has 0 bridgehead atoms. The fourth-order valence-electron chi connectivity index (χ4n) is 3.64. The topological polar surface area (TPSA) is 74.5 Å². The molecule has 1 heterocycles. The van der Waals surface area contributed by atoms with Crippen molar-refractivity contribution in [2.24, 2.45) is 0 Å². The third kappa shape index (κ3) is 4.93. The van der Waals surface area contributed by atoms with Gasteiger partial charge in [-0.2, -0.15) is 0 Å². The zero-order valence-corrected chi connectivity index (χ0v) is 19.9. The van der Waals surface area contributed by atoms with E-state index in [1.54, 1.807) is 12.1 Å². The van der Waals surface area contributed by atoms with Crippen LogP contribution in [-0.2, 0) is 13.2 Å². The van der Waals surface area contributed by atoms with Crippen molar-refractivity contribution >= 4 is 33.2 Å². The van der Waals surface area contributed by atoms with Crippen LogP contribution in [0.15, 0.2) is 88.0 Å². The van der Waals surface area contributed by atoms with Crippen molar-refractivity contribution in [1.82, 2.24) is 10.3 Å². The molecular weight excluding hydrogens is 515 g/mol. The molecule has 1 aromatic heterocycles. The molecule has 0 saturated carbocycles. The number of nitrogens with zero attached hydrogens (tertiary/aromatic N) is 2. The van der Waals surface area contributed by atoms with Gasteiger partial charge in [-0.05, 0) is 61.1 Å². The van der Waals surface area contributed by atoms with Crippen molar-refractivity contribution in [1.29, 1.82) is 0 Å². The van der Waals surface area contributed by atoms with Gasteiger partial charge in [0, 0.05) is 16.1 Å². The average molecular weight is 533 g/mol. The zero-order chi connectivity index (χ0) is 24.2. The number of rotatable bonds is 8. The minimum absolute atomic E-state index is 0.0150. The summed E-state index contributed by atoms with van der Waals surface area (Å²) in [5.41, 5.74) is 5.01. The van der Waals surface area contributed by atoms with Crippen LogP contribution in [-0.4, -0.2) is 16.6 Å². The van der Waals surface area contributed by atoms with Gasteiger partial charge in [-0.25, -0.2) is 9.02 Å². The molecule has 0 aliphatic rings. The van der Waals surface area contributed by atoms with Crippen molar-refractivity contribution in [2.45, 2.75) is 13.2 Å². The highest BCUT2D eigenvalue weighted by Crippen LogP contribution is 2.33. The van der Waals surface area contributed by atoms with E-state index in [-0.39, 0.29) is 30.3 Å². The van der Waals surface area contributed by atoms with Gasteiger partial charge in [0.2, 0.25) is 0 Å². The molecule has 0 atom stereocenters. The first kappa shape index (κ1) is 22.7. The van der Waals surface area contributed by atoms with Gasteiger partial charge in [0.25, 0.3) is 0 Å². The second-order valence-corrected chi connectivity index (χ2v) is 8.54. The molecule has 5 rings (SSSR count). The van der Waals surface area contributed by atoms with Crippen molar-refractivity contribution in [3.8, 4) is 22.6 Å². The van der Waals surface area contributed by atoms with Crippen LogP contribution in [0.4, 0.5) is 4.39 Å². The highest BCUT2D eigenvalue weighted by Gasteiger charge is 2.15. The van der Waals surface area contributed by atoms with Crippen molar-refractivity contribution in [2.75, 3.05) is 0 Å². The molecule has 0 aliphatic carbocycles. The highest BCUT2D eigenvalue weighted by molar-refractivity contribution is 9.10. The highest BCUT2D eigenvalue weighted by atomic mass is 79.9. The standard InChI is InChI=1S/C27H18BrFN2O4/c28-27-19(7-4-8-21(27)18-5-2-1-3-6-18)16-34-26-13-25(20(14-32)12-22(26)29)33-15-17-9-10-23-24(11-17)31-35-30-23/h1-14H,15-16H2. The normalized spacial score (nSPS) is 10.9. The van der Waals surface area contributed by atoms with Gasteiger partial charge in [-0.15, -0.1) is 0 Å². The average Bonchev–Trinajstić information content (AvgIpc) is 3.36. The van der Waals surface area contributed by atoms with Crippen molar-refractivity contribution in [3.63, 3.8) is 0 Å². The molecule has 5 aromatic rings. The summed E-state index contributed by atoms with van der Waals surface area (Å²) < 4.78 is 31.9. The summed E-state index contributed by atoms with van der Waals surface area (Å²) in [7, 11) is 0. The third-order valence-corrected chi connectivity index (χ3v) is 6.39. The molecule has 0 unspecified atom stereocenters. The van der Waals surface area contributed by atoms with Gasteiger partial charge in [0.1, 0.15) is 30.0 Å². The van der Waals surface area contributed by atoms with Crippen LogP contribution in [0.25, 0.3) is 22.2 Å². The lowest BCUT2D eigenvalue weighted by molar-refractivity contribution is 0.111. The molecule has 4 aromatic carbocycles. The Kier molecular flexibility index (Phi) is 6.54. The Labute approximate surface area is 208 Å². The number of halogens is 2. The van der Waals surface area contributed by atoms with Gasteiger partial charge < -0.3 is 9.47 Å². The SMILES string of the molecule is O=Cc1cc(F)c(OCc2cccc(-c3ccccc3)c2Br)cc1OCc1ccc2nonc2c1. The number of carbonyl (C=O) groups is 1. The van der Waals surface area contributed by atoms with E-state index in [2.05, 4.69) is 26.2 Å². The first-order valence-electron chi connectivity index (χ1n) is 10.7. The third-order valence-electron chi connectivity index (χ3n) is 5.45. The number of hydrogen-bond acceptors (Lipinski definition) is 6. The van der Waals surface area contributed by atoms with Crippen LogP contribution in [0.5, 0.6) is 11.5 Å². The Bertz CT molecular complexity index is 1500.